The minimum absolute atomic E-state index is 0.607. The number of benzene rings is 2. The second-order valence-electron chi connectivity index (χ2n) is 3.47. The van der Waals surface area contributed by atoms with Gasteiger partial charge in [0.15, 0.2) is 0 Å². The number of anilines is 1. The zero-order valence-corrected chi connectivity index (χ0v) is 9.66. The van der Waals surface area contributed by atoms with Crippen molar-refractivity contribution < 1.29 is 4.74 Å². The van der Waals surface area contributed by atoms with Gasteiger partial charge in [-0.15, -0.1) is 0 Å². The zero-order valence-electron chi connectivity index (χ0n) is 8.91. The molecule has 0 bridgehead atoms. The van der Waals surface area contributed by atoms with Crippen molar-refractivity contribution >= 4 is 17.3 Å². The average Bonchev–Trinajstić information content (AvgIpc) is 2.29. The molecule has 2 nitrogen and oxygen atoms in total. The molecule has 0 spiro atoms. The van der Waals surface area contributed by atoms with E-state index in [1.165, 1.54) is 0 Å². The fourth-order valence-corrected chi connectivity index (χ4v) is 1.75. The van der Waals surface area contributed by atoms with Crippen molar-refractivity contribution in [1.82, 2.24) is 0 Å². The number of hydrogen-bond donors (Lipinski definition) is 1. The van der Waals surface area contributed by atoms with E-state index in [-0.39, 0.29) is 0 Å². The Morgan fingerprint density at radius 1 is 1.06 bits per heavy atom. The van der Waals surface area contributed by atoms with Crippen LogP contribution >= 0.6 is 11.6 Å². The molecule has 2 N–H and O–H groups in total. The molecule has 82 valence electrons. The molecule has 0 aromatic heterocycles. The van der Waals surface area contributed by atoms with Crippen molar-refractivity contribution in [2.24, 2.45) is 0 Å². The summed E-state index contributed by atoms with van der Waals surface area (Å²) in [5.41, 5.74) is 8.57. The lowest BCUT2D eigenvalue weighted by molar-refractivity contribution is 0.415. The second-order valence-corrected chi connectivity index (χ2v) is 3.88. The zero-order chi connectivity index (χ0) is 11.5. The molecule has 2 rings (SSSR count). The smallest absolute Gasteiger partial charge is 0.138 e. The monoisotopic (exact) mass is 233 g/mol. The summed E-state index contributed by atoms with van der Waals surface area (Å²) < 4.78 is 5.17. The lowest BCUT2D eigenvalue weighted by Crippen LogP contribution is -1.87. The Labute approximate surface area is 99.6 Å². The minimum Gasteiger partial charge on any atom is -0.495 e. The number of ether oxygens (including phenoxy) is 1. The molecule has 0 fully saturated rings. The Hall–Kier alpha value is -1.67. The van der Waals surface area contributed by atoms with Gasteiger partial charge in [0.25, 0.3) is 0 Å². The SMILES string of the molecule is COc1cc(-c2cccc(N)c2)ccc1Cl. The molecule has 0 atom stereocenters. The Morgan fingerprint density at radius 3 is 2.50 bits per heavy atom. The highest BCUT2D eigenvalue weighted by Crippen LogP contribution is 2.30. The third kappa shape index (κ3) is 2.12. The van der Waals surface area contributed by atoms with Crippen molar-refractivity contribution in [3.63, 3.8) is 0 Å². The number of nitrogens with two attached hydrogens (primary N) is 1. The van der Waals surface area contributed by atoms with E-state index in [0.29, 0.717) is 10.8 Å². The van der Waals surface area contributed by atoms with Crippen LogP contribution in [0.5, 0.6) is 5.75 Å². The summed E-state index contributed by atoms with van der Waals surface area (Å²) in [4.78, 5) is 0. The highest BCUT2D eigenvalue weighted by Gasteiger charge is 2.03. The summed E-state index contributed by atoms with van der Waals surface area (Å²) in [5.74, 6) is 0.668. The Balaban J connectivity index is 2.48. The Morgan fingerprint density at radius 2 is 1.81 bits per heavy atom. The van der Waals surface area contributed by atoms with E-state index in [9.17, 15) is 0 Å². The van der Waals surface area contributed by atoms with E-state index in [4.69, 9.17) is 22.1 Å². The van der Waals surface area contributed by atoms with Gasteiger partial charge in [-0.25, -0.2) is 0 Å². The van der Waals surface area contributed by atoms with Gasteiger partial charge in [-0.2, -0.15) is 0 Å². The van der Waals surface area contributed by atoms with E-state index >= 15 is 0 Å². The van der Waals surface area contributed by atoms with Gasteiger partial charge < -0.3 is 10.5 Å². The van der Waals surface area contributed by atoms with E-state index in [1.807, 2.05) is 42.5 Å². The van der Waals surface area contributed by atoms with Crippen LogP contribution in [0.2, 0.25) is 5.02 Å². The first-order valence-corrected chi connectivity index (χ1v) is 5.28. The number of nitrogen functional groups attached to an aromatic ring is 1. The van der Waals surface area contributed by atoms with Crippen molar-refractivity contribution in [3.8, 4) is 16.9 Å². The molecule has 2 aromatic carbocycles. The summed E-state index contributed by atoms with van der Waals surface area (Å²) in [5, 5.41) is 0.607. The normalized spacial score (nSPS) is 10.1. The molecule has 0 amide bonds. The van der Waals surface area contributed by atoms with E-state index < -0.39 is 0 Å². The third-order valence-electron chi connectivity index (χ3n) is 2.37. The first kappa shape index (κ1) is 10.8. The Bertz CT molecular complexity index is 511. The molecule has 16 heavy (non-hydrogen) atoms. The molecule has 2 aromatic rings. The van der Waals surface area contributed by atoms with E-state index in [2.05, 4.69) is 0 Å². The summed E-state index contributed by atoms with van der Waals surface area (Å²) in [6, 6.07) is 13.4. The maximum Gasteiger partial charge on any atom is 0.138 e. The van der Waals surface area contributed by atoms with Crippen molar-refractivity contribution in [2.45, 2.75) is 0 Å². The number of methoxy groups -OCH3 is 1. The van der Waals surface area contributed by atoms with Crippen LogP contribution in [-0.2, 0) is 0 Å². The minimum atomic E-state index is 0.607. The highest BCUT2D eigenvalue weighted by atomic mass is 35.5. The van der Waals surface area contributed by atoms with Crippen LogP contribution in [0, 0.1) is 0 Å². The molecule has 0 aliphatic carbocycles. The number of halogens is 1. The molecule has 0 saturated heterocycles. The Kier molecular flexibility index (Phi) is 3.02. The molecule has 0 aliphatic heterocycles. The molecule has 0 saturated carbocycles. The summed E-state index contributed by atoms with van der Waals surface area (Å²) in [7, 11) is 1.60. The lowest BCUT2D eigenvalue weighted by atomic mass is 10.1. The quantitative estimate of drug-likeness (QED) is 0.805. The largest absolute Gasteiger partial charge is 0.495 e. The summed E-state index contributed by atoms with van der Waals surface area (Å²) >= 11 is 5.97. The van der Waals surface area contributed by atoms with Gasteiger partial charge >= 0.3 is 0 Å². The first-order chi connectivity index (χ1) is 7.70. The molecule has 0 unspecified atom stereocenters. The lowest BCUT2D eigenvalue weighted by Gasteiger charge is -2.07. The second kappa shape index (κ2) is 4.45. The van der Waals surface area contributed by atoms with Crippen molar-refractivity contribution in [2.75, 3.05) is 12.8 Å². The topological polar surface area (TPSA) is 35.2 Å². The van der Waals surface area contributed by atoms with Crippen LogP contribution in [0.15, 0.2) is 42.5 Å². The first-order valence-electron chi connectivity index (χ1n) is 4.90. The summed E-state index contributed by atoms with van der Waals surface area (Å²) in [6.45, 7) is 0. The van der Waals surface area contributed by atoms with Crippen LogP contribution in [-0.4, -0.2) is 7.11 Å². The highest BCUT2D eigenvalue weighted by molar-refractivity contribution is 6.32. The maximum absolute atomic E-state index is 5.97. The van der Waals surface area contributed by atoms with Gasteiger partial charge in [0.05, 0.1) is 12.1 Å². The molecule has 0 radical (unpaired) electrons. The fraction of sp³-hybridized carbons (Fsp3) is 0.0769. The van der Waals surface area contributed by atoms with Crippen LogP contribution in [0.4, 0.5) is 5.69 Å². The van der Waals surface area contributed by atoms with E-state index in [0.717, 1.165) is 16.8 Å². The standard InChI is InChI=1S/C13H12ClNO/c1-16-13-8-10(5-6-12(13)14)9-3-2-4-11(15)7-9/h2-8H,15H2,1H3. The van der Waals surface area contributed by atoms with Gasteiger partial charge in [0.1, 0.15) is 5.75 Å². The van der Waals surface area contributed by atoms with E-state index in [1.54, 1.807) is 7.11 Å². The van der Waals surface area contributed by atoms with Crippen LogP contribution < -0.4 is 10.5 Å². The van der Waals surface area contributed by atoms with Crippen LogP contribution in [0.25, 0.3) is 11.1 Å². The van der Waals surface area contributed by atoms with Gasteiger partial charge in [-0.05, 0) is 35.4 Å². The summed E-state index contributed by atoms with van der Waals surface area (Å²) in [6.07, 6.45) is 0. The maximum atomic E-state index is 5.97. The number of hydrogen-bond acceptors (Lipinski definition) is 2. The van der Waals surface area contributed by atoms with Gasteiger partial charge in [0.2, 0.25) is 0 Å². The predicted octanol–water partition coefficient (Wildman–Crippen LogP) is 3.60. The van der Waals surface area contributed by atoms with Crippen molar-refractivity contribution in [3.05, 3.63) is 47.5 Å². The van der Waals surface area contributed by atoms with Gasteiger partial charge in [-0.1, -0.05) is 29.8 Å². The molecule has 0 heterocycles. The predicted molar refractivity (Wildman–Crippen MR) is 67.9 cm³/mol. The van der Waals surface area contributed by atoms with Gasteiger partial charge in [0, 0.05) is 5.69 Å². The number of rotatable bonds is 2. The van der Waals surface area contributed by atoms with Gasteiger partial charge in [-0.3, -0.25) is 0 Å². The molecule has 0 aliphatic rings. The fourth-order valence-electron chi connectivity index (χ4n) is 1.56. The third-order valence-corrected chi connectivity index (χ3v) is 2.68. The van der Waals surface area contributed by atoms with Crippen LogP contribution in [0.3, 0.4) is 0 Å². The van der Waals surface area contributed by atoms with Crippen LogP contribution in [0.1, 0.15) is 0 Å². The average molecular weight is 234 g/mol. The molecular formula is C13H12ClNO. The molecule has 3 heteroatoms. The van der Waals surface area contributed by atoms with Crippen molar-refractivity contribution in [1.29, 1.82) is 0 Å². The molecular weight excluding hydrogens is 222 g/mol.